The number of fused-ring (bicyclic) bond motifs is 2. The number of hydrogen-bond acceptors (Lipinski definition) is 5. The molecule has 0 amide bonds. The summed E-state index contributed by atoms with van der Waals surface area (Å²) in [5.74, 6) is 7.94. The van der Waals surface area contributed by atoms with E-state index in [1.54, 1.807) is 35.6 Å². The van der Waals surface area contributed by atoms with Crippen molar-refractivity contribution in [2.45, 2.75) is 45.4 Å². The number of rotatable bonds is 11. The van der Waals surface area contributed by atoms with Crippen LogP contribution in [0.15, 0.2) is 85.1 Å². The molecule has 0 radical (unpaired) electrons. The number of aromatic nitrogens is 7. The van der Waals surface area contributed by atoms with Crippen molar-refractivity contribution in [1.29, 1.82) is 0 Å². The lowest BCUT2D eigenvalue weighted by atomic mass is 9.79. The summed E-state index contributed by atoms with van der Waals surface area (Å²) in [6.45, 7) is 6.01. The zero-order chi connectivity index (χ0) is 34.8. The molecule has 4 aromatic carbocycles. The van der Waals surface area contributed by atoms with E-state index in [-0.39, 0.29) is 5.82 Å². The van der Waals surface area contributed by atoms with Gasteiger partial charge in [0.15, 0.2) is 11.6 Å². The van der Waals surface area contributed by atoms with Crippen molar-refractivity contribution in [3.05, 3.63) is 125 Å². The maximum Gasteiger partial charge on any atom is 0.161 e. The SMILES string of the molecule is CC#CCSCCC(C)(c1cccc(-n2nnc3ccccc32)c1)c1nc(-c2cc(Cc3c(F)cc4[nH]ccc4c3CC)ccc2F)n(C)n1. The molecule has 0 fully saturated rings. The van der Waals surface area contributed by atoms with Crippen molar-refractivity contribution >= 4 is 33.7 Å². The Kier molecular flexibility index (Phi) is 9.25. The molecule has 0 saturated carbocycles. The standard InChI is InChI=1S/C40H37F2N7S/c1-5-7-20-50-21-18-40(3,27-11-10-12-28(24-27)49-37-14-9-8-13-35(37)45-47-49)39-44-38(48(4)46-39)32-23-26(15-16-33(32)41)22-31-29(6-2)30-17-19-43-36(30)25-34(31)42/h8-17,19,23-25,43H,6,18,20-22H2,1-4H3. The van der Waals surface area contributed by atoms with Crippen LogP contribution in [0.2, 0.25) is 0 Å². The van der Waals surface area contributed by atoms with Crippen LogP contribution in [0.25, 0.3) is 39.0 Å². The fourth-order valence-electron chi connectivity index (χ4n) is 6.69. The number of nitrogens with zero attached hydrogens (tertiary/aromatic N) is 6. The van der Waals surface area contributed by atoms with Crippen LogP contribution >= 0.6 is 11.8 Å². The smallest absolute Gasteiger partial charge is 0.161 e. The number of aryl methyl sites for hydroxylation is 2. The molecule has 0 bridgehead atoms. The molecule has 0 aliphatic heterocycles. The highest BCUT2D eigenvalue weighted by Crippen LogP contribution is 2.37. The van der Waals surface area contributed by atoms with Crippen LogP contribution in [0, 0.1) is 23.5 Å². The van der Waals surface area contributed by atoms with Gasteiger partial charge in [-0.2, -0.15) is 5.10 Å². The van der Waals surface area contributed by atoms with E-state index in [0.717, 1.165) is 62.2 Å². The molecule has 7 rings (SSSR count). The highest BCUT2D eigenvalue weighted by molar-refractivity contribution is 7.99. The zero-order valence-corrected chi connectivity index (χ0v) is 29.3. The lowest BCUT2D eigenvalue weighted by molar-refractivity contribution is 0.512. The Bertz CT molecular complexity index is 2400. The van der Waals surface area contributed by atoms with Gasteiger partial charge in [0.05, 0.1) is 27.9 Å². The molecule has 1 unspecified atom stereocenters. The highest BCUT2D eigenvalue weighted by atomic mass is 32.2. The van der Waals surface area contributed by atoms with Gasteiger partial charge < -0.3 is 4.98 Å². The van der Waals surface area contributed by atoms with Crippen molar-refractivity contribution < 1.29 is 8.78 Å². The van der Waals surface area contributed by atoms with E-state index in [1.807, 2.05) is 67.2 Å². The van der Waals surface area contributed by atoms with Gasteiger partial charge in [-0.25, -0.2) is 23.1 Å². The van der Waals surface area contributed by atoms with E-state index in [9.17, 15) is 0 Å². The maximum atomic E-state index is 15.7. The summed E-state index contributed by atoms with van der Waals surface area (Å²) in [5.41, 5.74) is 6.43. The van der Waals surface area contributed by atoms with Crippen LogP contribution in [0.4, 0.5) is 8.78 Å². The van der Waals surface area contributed by atoms with E-state index < -0.39 is 11.2 Å². The van der Waals surface area contributed by atoms with Crippen LogP contribution in [0.5, 0.6) is 0 Å². The number of para-hydroxylation sites is 1. The van der Waals surface area contributed by atoms with Gasteiger partial charge in [-0.3, -0.25) is 0 Å². The summed E-state index contributed by atoms with van der Waals surface area (Å²) < 4.78 is 34.6. The predicted molar refractivity (Wildman–Crippen MR) is 198 cm³/mol. The van der Waals surface area contributed by atoms with Crippen molar-refractivity contribution in [2.24, 2.45) is 7.05 Å². The van der Waals surface area contributed by atoms with Crippen LogP contribution in [0.3, 0.4) is 0 Å². The van der Waals surface area contributed by atoms with Crippen LogP contribution in [0.1, 0.15) is 55.3 Å². The third kappa shape index (κ3) is 6.18. The second kappa shape index (κ2) is 13.9. The minimum absolute atomic E-state index is 0.275. The average molecular weight is 686 g/mol. The summed E-state index contributed by atoms with van der Waals surface area (Å²) in [6.07, 6.45) is 3.55. The third-order valence-corrected chi connectivity index (χ3v) is 10.3. The van der Waals surface area contributed by atoms with Gasteiger partial charge in [-0.15, -0.1) is 22.8 Å². The number of thioether (sulfide) groups is 1. The molecule has 10 heteroatoms. The quantitative estimate of drug-likeness (QED) is 0.109. The lowest BCUT2D eigenvalue weighted by Gasteiger charge is -2.27. The summed E-state index contributed by atoms with van der Waals surface area (Å²) in [7, 11) is 1.79. The normalized spacial score (nSPS) is 12.7. The summed E-state index contributed by atoms with van der Waals surface area (Å²) in [6, 6.07) is 24.5. The number of benzene rings is 4. The van der Waals surface area contributed by atoms with Crippen LogP contribution in [-0.2, 0) is 25.3 Å². The first-order valence-electron chi connectivity index (χ1n) is 16.7. The monoisotopic (exact) mass is 685 g/mol. The largest absolute Gasteiger partial charge is 0.361 e. The molecule has 0 aliphatic rings. The highest BCUT2D eigenvalue weighted by Gasteiger charge is 2.35. The molecular formula is C40H37F2N7S. The van der Waals surface area contributed by atoms with E-state index in [4.69, 9.17) is 10.1 Å². The lowest BCUT2D eigenvalue weighted by Crippen LogP contribution is -2.27. The second-order valence-electron chi connectivity index (χ2n) is 12.6. The molecule has 3 heterocycles. The average Bonchev–Trinajstić information content (AvgIpc) is 3.88. The Labute approximate surface area is 294 Å². The predicted octanol–water partition coefficient (Wildman–Crippen LogP) is 8.58. The van der Waals surface area contributed by atoms with Gasteiger partial charge in [-0.05, 0) is 103 Å². The topological polar surface area (TPSA) is 77.2 Å². The fourth-order valence-corrected chi connectivity index (χ4v) is 7.63. The molecule has 0 aliphatic carbocycles. The number of halogens is 2. The van der Waals surface area contributed by atoms with E-state index in [2.05, 4.69) is 46.2 Å². The minimum Gasteiger partial charge on any atom is -0.361 e. The number of nitrogens with one attached hydrogen (secondary N) is 1. The van der Waals surface area contributed by atoms with Crippen molar-refractivity contribution in [3.8, 4) is 28.9 Å². The molecule has 252 valence electrons. The Morgan fingerprint density at radius 1 is 0.960 bits per heavy atom. The Morgan fingerprint density at radius 2 is 1.82 bits per heavy atom. The Balaban J connectivity index is 1.27. The first-order valence-corrected chi connectivity index (χ1v) is 17.8. The minimum atomic E-state index is -0.631. The number of aromatic amines is 1. The molecule has 0 spiro atoms. The van der Waals surface area contributed by atoms with E-state index in [1.165, 1.54) is 12.1 Å². The zero-order valence-electron chi connectivity index (χ0n) is 28.5. The molecule has 50 heavy (non-hydrogen) atoms. The molecule has 7 nitrogen and oxygen atoms in total. The van der Waals surface area contributed by atoms with E-state index >= 15 is 8.78 Å². The van der Waals surface area contributed by atoms with Gasteiger partial charge in [0.2, 0.25) is 0 Å². The summed E-state index contributed by atoms with van der Waals surface area (Å²) >= 11 is 1.76. The van der Waals surface area contributed by atoms with Gasteiger partial charge >= 0.3 is 0 Å². The number of H-pyrrole nitrogens is 1. The molecule has 7 aromatic rings. The molecule has 0 saturated heterocycles. The molecular weight excluding hydrogens is 649 g/mol. The van der Waals surface area contributed by atoms with Crippen molar-refractivity contribution in [3.63, 3.8) is 0 Å². The molecule has 1 N–H and O–H groups in total. The summed E-state index contributed by atoms with van der Waals surface area (Å²) in [4.78, 5) is 8.16. The first-order chi connectivity index (χ1) is 24.3. The van der Waals surface area contributed by atoms with Gasteiger partial charge in [0.25, 0.3) is 0 Å². The molecule has 1 atom stereocenters. The van der Waals surface area contributed by atoms with Gasteiger partial charge in [0.1, 0.15) is 17.2 Å². The van der Waals surface area contributed by atoms with E-state index in [0.29, 0.717) is 35.6 Å². The second-order valence-corrected chi connectivity index (χ2v) is 13.7. The Hall–Kier alpha value is -5.27. The third-order valence-electron chi connectivity index (χ3n) is 9.47. The Morgan fingerprint density at radius 3 is 2.66 bits per heavy atom. The fraction of sp³-hybridized carbons (Fsp3) is 0.250. The first kappa shape index (κ1) is 33.2. The van der Waals surface area contributed by atoms with Crippen molar-refractivity contribution in [1.82, 2.24) is 34.7 Å². The van der Waals surface area contributed by atoms with Gasteiger partial charge in [0, 0.05) is 30.6 Å². The van der Waals surface area contributed by atoms with Crippen LogP contribution in [-0.4, -0.2) is 46.2 Å². The molecule has 3 aromatic heterocycles. The van der Waals surface area contributed by atoms with Gasteiger partial charge in [-0.1, -0.05) is 48.4 Å². The van der Waals surface area contributed by atoms with Crippen molar-refractivity contribution in [2.75, 3.05) is 11.5 Å². The maximum absolute atomic E-state index is 15.7. The number of hydrogen-bond donors (Lipinski definition) is 1. The summed E-state index contributed by atoms with van der Waals surface area (Å²) in [5, 5.41) is 14.7. The van der Waals surface area contributed by atoms with Crippen LogP contribution < -0.4 is 0 Å².